The summed E-state index contributed by atoms with van der Waals surface area (Å²) in [5.41, 5.74) is 1.24. The highest BCUT2D eigenvalue weighted by molar-refractivity contribution is 14.0. The van der Waals surface area contributed by atoms with E-state index in [1.807, 2.05) is 6.07 Å². The average molecular weight is 515 g/mol. The molecule has 6 nitrogen and oxygen atoms in total. The van der Waals surface area contributed by atoms with Crippen LogP contribution in [0.3, 0.4) is 0 Å². The highest BCUT2D eigenvalue weighted by Crippen LogP contribution is 2.22. The predicted octanol–water partition coefficient (Wildman–Crippen LogP) is 3.13. The molecule has 2 aliphatic heterocycles. The van der Waals surface area contributed by atoms with Crippen LogP contribution in [0, 0.1) is 5.92 Å². The summed E-state index contributed by atoms with van der Waals surface area (Å²) >= 11 is 0. The van der Waals surface area contributed by atoms with E-state index in [9.17, 15) is 0 Å². The van der Waals surface area contributed by atoms with Crippen molar-refractivity contribution < 1.29 is 4.74 Å². The summed E-state index contributed by atoms with van der Waals surface area (Å²) in [6.07, 6.45) is 2.53. The highest BCUT2D eigenvalue weighted by atomic mass is 127. The van der Waals surface area contributed by atoms with Gasteiger partial charge in [0.2, 0.25) is 0 Å². The van der Waals surface area contributed by atoms with Gasteiger partial charge in [-0.15, -0.1) is 24.0 Å². The molecule has 1 N–H and O–H groups in total. The first kappa shape index (κ1) is 24.1. The number of aliphatic imine (C=N–C) groups is 1. The van der Waals surface area contributed by atoms with Crippen molar-refractivity contribution in [3.63, 3.8) is 0 Å². The summed E-state index contributed by atoms with van der Waals surface area (Å²) in [6.45, 7) is 14.0. The SMILES string of the molecule is CCCN1CCC(CN=C(NCC)N2CCN(c3cccc(OC)c3)CC2)C1.I. The first-order valence-corrected chi connectivity index (χ1v) is 10.9. The molecule has 7 heteroatoms. The van der Waals surface area contributed by atoms with Crippen molar-refractivity contribution in [3.8, 4) is 5.75 Å². The molecule has 29 heavy (non-hydrogen) atoms. The maximum Gasteiger partial charge on any atom is 0.194 e. The third-order valence-corrected chi connectivity index (χ3v) is 5.74. The second-order valence-electron chi connectivity index (χ2n) is 7.83. The van der Waals surface area contributed by atoms with Crippen molar-refractivity contribution in [1.82, 2.24) is 15.1 Å². The third-order valence-electron chi connectivity index (χ3n) is 5.74. The average Bonchev–Trinajstić information content (AvgIpc) is 3.19. The van der Waals surface area contributed by atoms with Crippen molar-refractivity contribution >= 4 is 35.6 Å². The fourth-order valence-corrected chi connectivity index (χ4v) is 4.21. The predicted molar refractivity (Wildman–Crippen MR) is 133 cm³/mol. The smallest absolute Gasteiger partial charge is 0.194 e. The van der Waals surface area contributed by atoms with Gasteiger partial charge in [-0.2, -0.15) is 0 Å². The largest absolute Gasteiger partial charge is 0.497 e. The summed E-state index contributed by atoms with van der Waals surface area (Å²) < 4.78 is 5.37. The summed E-state index contributed by atoms with van der Waals surface area (Å²) in [5.74, 6) is 2.71. The minimum Gasteiger partial charge on any atom is -0.497 e. The van der Waals surface area contributed by atoms with Gasteiger partial charge in [0.15, 0.2) is 5.96 Å². The van der Waals surface area contributed by atoms with Crippen LogP contribution in [0.25, 0.3) is 0 Å². The molecule has 0 spiro atoms. The molecule has 0 aromatic heterocycles. The number of ether oxygens (including phenoxy) is 1. The molecular formula is C22H38IN5O. The Bertz CT molecular complexity index is 633. The number of rotatable bonds is 7. The van der Waals surface area contributed by atoms with Gasteiger partial charge in [0.05, 0.1) is 7.11 Å². The number of benzene rings is 1. The number of nitrogens with one attached hydrogen (secondary N) is 1. The molecule has 2 heterocycles. The Morgan fingerprint density at radius 3 is 2.66 bits per heavy atom. The molecule has 164 valence electrons. The van der Waals surface area contributed by atoms with Crippen molar-refractivity contribution in [2.75, 3.05) is 70.9 Å². The van der Waals surface area contributed by atoms with Crippen LogP contribution in [0.15, 0.2) is 29.3 Å². The molecule has 2 aliphatic rings. The van der Waals surface area contributed by atoms with Gasteiger partial charge in [0.1, 0.15) is 5.75 Å². The molecule has 3 rings (SSSR count). The van der Waals surface area contributed by atoms with Crippen LogP contribution in [0.2, 0.25) is 0 Å². The lowest BCUT2D eigenvalue weighted by Gasteiger charge is -2.38. The lowest BCUT2D eigenvalue weighted by molar-refractivity contribution is 0.325. The van der Waals surface area contributed by atoms with E-state index in [0.29, 0.717) is 5.92 Å². The number of nitrogens with zero attached hydrogens (tertiary/aromatic N) is 4. The molecular weight excluding hydrogens is 477 g/mol. The van der Waals surface area contributed by atoms with Crippen LogP contribution in [-0.2, 0) is 0 Å². The maximum atomic E-state index is 5.37. The van der Waals surface area contributed by atoms with Gasteiger partial charge in [0, 0.05) is 57.6 Å². The molecule has 2 saturated heterocycles. The summed E-state index contributed by atoms with van der Waals surface area (Å²) in [7, 11) is 1.72. The number of piperazine rings is 1. The van der Waals surface area contributed by atoms with E-state index in [4.69, 9.17) is 9.73 Å². The highest BCUT2D eigenvalue weighted by Gasteiger charge is 2.23. The second-order valence-corrected chi connectivity index (χ2v) is 7.83. The minimum atomic E-state index is 0. The Morgan fingerprint density at radius 2 is 1.97 bits per heavy atom. The molecule has 1 aromatic rings. The van der Waals surface area contributed by atoms with Crippen LogP contribution in [0.5, 0.6) is 5.75 Å². The first-order valence-electron chi connectivity index (χ1n) is 10.9. The lowest BCUT2D eigenvalue weighted by Crippen LogP contribution is -2.52. The minimum absolute atomic E-state index is 0. The molecule has 0 bridgehead atoms. The topological polar surface area (TPSA) is 43.3 Å². The standard InChI is InChI=1S/C22H37N5O.HI/c1-4-10-25-11-9-19(18-25)17-24-22(23-5-2)27-14-12-26(13-15-27)20-7-6-8-21(16-20)28-3;/h6-8,16,19H,4-5,9-15,17-18H2,1-3H3,(H,23,24);1H. The normalized spacial score (nSPS) is 20.5. The Kier molecular flexibility index (Phi) is 10.3. The quantitative estimate of drug-likeness (QED) is 0.344. The molecule has 0 saturated carbocycles. The van der Waals surface area contributed by atoms with Gasteiger partial charge in [-0.05, 0) is 50.9 Å². The zero-order chi connectivity index (χ0) is 19.8. The molecule has 0 amide bonds. The first-order chi connectivity index (χ1) is 13.7. The molecule has 2 fully saturated rings. The van der Waals surface area contributed by atoms with Gasteiger partial charge >= 0.3 is 0 Å². The van der Waals surface area contributed by atoms with E-state index in [-0.39, 0.29) is 24.0 Å². The van der Waals surface area contributed by atoms with E-state index >= 15 is 0 Å². The Labute approximate surface area is 193 Å². The molecule has 1 unspecified atom stereocenters. The molecule has 1 aromatic carbocycles. The van der Waals surface area contributed by atoms with Crippen LogP contribution in [0.1, 0.15) is 26.7 Å². The van der Waals surface area contributed by atoms with Gasteiger partial charge < -0.3 is 24.8 Å². The van der Waals surface area contributed by atoms with Crippen molar-refractivity contribution in [1.29, 1.82) is 0 Å². The zero-order valence-corrected chi connectivity index (χ0v) is 20.6. The molecule has 0 aliphatic carbocycles. The van der Waals surface area contributed by atoms with Crippen LogP contribution in [-0.4, -0.2) is 81.8 Å². The van der Waals surface area contributed by atoms with Crippen LogP contribution < -0.4 is 15.0 Å². The van der Waals surface area contributed by atoms with Gasteiger partial charge in [0.25, 0.3) is 0 Å². The number of guanidine groups is 1. The number of methoxy groups -OCH3 is 1. The van der Waals surface area contributed by atoms with Gasteiger partial charge in [-0.1, -0.05) is 13.0 Å². The lowest BCUT2D eigenvalue weighted by atomic mass is 10.1. The number of hydrogen-bond acceptors (Lipinski definition) is 4. The number of likely N-dealkylation sites (tertiary alicyclic amines) is 1. The van der Waals surface area contributed by atoms with E-state index in [0.717, 1.165) is 51.0 Å². The summed E-state index contributed by atoms with van der Waals surface area (Å²) in [6, 6.07) is 8.35. The second kappa shape index (κ2) is 12.5. The Balaban J connectivity index is 0.00000300. The van der Waals surface area contributed by atoms with Gasteiger partial charge in [-0.25, -0.2) is 0 Å². The van der Waals surface area contributed by atoms with Crippen LogP contribution in [0.4, 0.5) is 5.69 Å². The van der Waals surface area contributed by atoms with E-state index in [1.165, 1.54) is 38.2 Å². The maximum absolute atomic E-state index is 5.37. The van der Waals surface area contributed by atoms with E-state index in [2.05, 4.69) is 52.1 Å². The van der Waals surface area contributed by atoms with Crippen molar-refractivity contribution in [2.45, 2.75) is 26.7 Å². The van der Waals surface area contributed by atoms with E-state index in [1.54, 1.807) is 7.11 Å². The fraction of sp³-hybridized carbons (Fsp3) is 0.682. The molecule has 1 atom stereocenters. The van der Waals surface area contributed by atoms with E-state index < -0.39 is 0 Å². The summed E-state index contributed by atoms with van der Waals surface area (Å²) in [5, 5.41) is 3.51. The van der Waals surface area contributed by atoms with Crippen LogP contribution >= 0.6 is 24.0 Å². The number of halogens is 1. The zero-order valence-electron chi connectivity index (χ0n) is 18.3. The Morgan fingerprint density at radius 1 is 1.17 bits per heavy atom. The van der Waals surface area contributed by atoms with Crippen molar-refractivity contribution in [2.24, 2.45) is 10.9 Å². The van der Waals surface area contributed by atoms with Crippen molar-refractivity contribution in [3.05, 3.63) is 24.3 Å². The Hall–Kier alpha value is -1.22. The third kappa shape index (κ3) is 6.91. The number of anilines is 1. The fourth-order valence-electron chi connectivity index (χ4n) is 4.21. The van der Waals surface area contributed by atoms with Gasteiger partial charge in [-0.3, -0.25) is 4.99 Å². The molecule has 0 radical (unpaired) electrons. The number of hydrogen-bond donors (Lipinski definition) is 1. The monoisotopic (exact) mass is 515 g/mol. The summed E-state index contributed by atoms with van der Waals surface area (Å²) in [4.78, 5) is 12.4.